The van der Waals surface area contributed by atoms with E-state index in [9.17, 15) is 4.79 Å². The maximum atomic E-state index is 11.9. The Morgan fingerprint density at radius 1 is 0.846 bits per heavy atom. The molecule has 6 heteroatoms. The third-order valence-corrected chi connectivity index (χ3v) is 6.56. The minimum Gasteiger partial charge on any atom is -0.465 e. The largest absolute Gasteiger partial charge is 0.501 e. The second-order valence-corrected chi connectivity index (χ2v) is 8.95. The normalized spacial score (nSPS) is 11.5. The average molecular weight is 383 g/mol. The molecule has 1 rings (SSSR count). The minimum atomic E-state index is -2.70. The van der Waals surface area contributed by atoms with E-state index in [1.807, 2.05) is 30.3 Å². The van der Waals surface area contributed by atoms with Crippen LogP contribution in [-0.4, -0.2) is 41.2 Å². The number of rotatable bonds is 15. The molecular weight excluding hydrogens is 348 g/mol. The quantitative estimate of drug-likeness (QED) is 0.256. The lowest BCUT2D eigenvalue weighted by Gasteiger charge is -2.29. The van der Waals surface area contributed by atoms with Crippen LogP contribution in [0.4, 0.5) is 0 Å². The van der Waals surface area contributed by atoms with Gasteiger partial charge in [-0.2, -0.15) is 0 Å². The molecule has 0 saturated carbocycles. The molecule has 0 fully saturated rings. The Morgan fingerprint density at radius 3 is 1.88 bits per heavy atom. The van der Waals surface area contributed by atoms with Crippen molar-refractivity contribution in [2.45, 2.75) is 58.9 Å². The van der Waals surface area contributed by atoms with Gasteiger partial charge >= 0.3 is 14.8 Å². The Balaban J connectivity index is 2.46. The number of esters is 1. The number of hydrogen-bond acceptors (Lipinski definition) is 5. The number of carbonyl (C=O) groups excluding carboxylic acids is 1. The molecule has 0 saturated heterocycles. The highest BCUT2D eigenvalue weighted by Crippen LogP contribution is 2.19. The fourth-order valence-corrected chi connectivity index (χ4v) is 5.21. The van der Waals surface area contributed by atoms with Crippen molar-refractivity contribution in [2.75, 3.05) is 26.4 Å². The van der Waals surface area contributed by atoms with Crippen LogP contribution in [0.3, 0.4) is 0 Å². The zero-order valence-electron chi connectivity index (χ0n) is 16.5. The van der Waals surface area contributed by atoms with Gasteiger partial charge in [0.05, 0.1) is 13.0 Å². The molecule has 0 heterocycles. The van der Waals surface area contributed by atoms with Crippen LogP contribution in [0.1, 0.15) is 52.0 Å². The first-order chi connectivity index (χ1) is 12.7. The second kappa shape index (κ2) is 13.9. The summed E-state index contributed by atoms with van der Waals surface area (Å²) in [5, 5.41) is 0. The monoisotopic (exact) mass is 382 g/mol. The summed E-state index contributed by atoms with van der Waals surface area (Å²) in [7, 11) is -2.70. The summed E-state index contributed by atoms with van der Waals surface area (Å²) >= 11 is 0. The van der Waals surface area contributed by atoms with Gasteiger partial charge in [0.25, 0.3) is 0 Å². The molecule has 0 aromatic heterocycles. The highest BCUT2D eigenvalue weighted by Gasteiger charge is 2.40. The lowest BCUT2D eigenvalue weighted by molar-refractivity contribution is -0.142. The van der Waals surface area contributed by atoms with Crippen molar-refractivity contribution in [3.8, 4) is 0 Å². The van der Waals surface area contributed by atoms with Crippen molar-refractivity contribution in [3.63, 3.8) is 0 Å². The van der Waals surface area contributed by atoms with Crippen molar-refractivity contribution in [2.24, 2.45) is 0 Å². The number of ether oxygens (including phenoxy) is 1. The van der Waals surface area contributed by atoms with E-state index in [0.717, 1.165) is 24.8 Å². The van der Waals surface area contributed by atoms with Gasteiger partial charge in [0.1, 0.15) is 0 Å². The number of hydrogen-bond donors (Lipinski definition) is 0. The van der Waals surface area contributed by atoms with E-state index in [1.165, 1.54) is 0 Å². The Morgan fingerprint density at radius 2 is 1.38 bits per heavy atom. The van der Waals surface area contributed by atoms with Gasteiger partial charge in [-0.25, -0.2) is 0 Å². The van der Waals surface area contributed by atoms with Crippen LogP contribution in [0.5, 0.6) is 0 Å². The third-order valence-electron chi connectivity index (χ3n) is 3.66. The van der Waals surface area contributed by atoms with Gasteiger partial charge in [-0.15, -0.1) is 0 Å². The standard InChI is InChI=1S/C20H34O5Si/c1-4-13-23-26(24-14-5-2,25-15-6-3)17-10-16-22-20(21)18-19-11-8-7-9-12-19/h7-9,11-12H,4-6,10,13-18H2,1-3H3. The van der Waals surface area contributed by atoms with E-state index in [4.69, 9.17) is 18.0 Å². The van der Waals surface area contributed by atoms with Gasteiger partial charge in [0.15, 0.2) is 0 Å². The summed E-state index contributed by atoms with van der Waals surface area (Å²) in [5.41, 5.74) is 0.963. The molecule has 0 spiro atoms. The molecular formula is C20H34O5Si. The summed E-state index contributed by atoms with van der Waals surface area (Å²) < 4.78 is 23.5. The molecule has 0 aliphatic carbocycles. The molecule has 1 aromatic carbocycles. The van der Waals surface area contributed by atoms with E-state index in [2.05, 4.69) is 20.8 Å². The number of carbonyl (C=O) groups is 1. The first kappa shape index (κ1) is 22.8. The highest BCUT2D eigenvalue weighted by molar-refractivity contribution is 6.60. The molecule has 0 amide bonds. The van der Waals surface area contributed by atoms with Crippen LogP contribution in [0.15, 0.2) is 30.3 Å². The zero-order valence-corrected chi connectivity index (χ0v) is 17.5. The maximum Gasteiger partial charge on any atom is 0.501 e. The molecule has 1 aromatic rings. The third kappa shape index (κ3) is 9.47. The van der Waals surface area contributed by atoms with Crippen molar-refractivity contribution >= 4 is 14.8 Å². The Kier molecular flexibility index (Phi) is 12.2. The molecule has 0 aliphatic rings. The summed E-state index contributed by atoms with van der Waals surface area (Å²) in [5.74, 6) is -0.207. The average Bonchev–Trinajstić information content (AvgIpc) is 2.67. The molecule has 148 valence electrons. The molecule has 0 radical (unpaired) electrons. The SMILES string of the molecule is CCCO[Si](CCCOC(=O)Cc1ccccc1)(OCCC)OCCC. The summed E-state index contributed by atoms with van der Waals surface area (Å²) in [6.07, 6.45) is 3.75. The van der Waals surface area contributed by atoms with E-state index >= 15 is 0 Å². The van der Waals surface area contributed by atoms with Crippen molar-refractivity contribution in [3.05, 3.63) is 35.9 Å². The predicted molar refractivity (Wildman–Crippen MR) is 105 cm³/mol. The van der Waals surface area contributed by atoms with E-state index in [1.54, 1.807) is 0 Å². The zero-order chi connectivity index (χ0) is 19.1. The Labute approximate surface area is 159 Å². The van der Waals surface area contributed by atoms with E-state index in [-0.39, 0.29) is 5.97 Å². The van der Waals surface area contributed by atoms with Gasteiger partial charge in [0, 0.05) is 25.9 Å². The van der Waals surface area contributed by atoms with Gasteiger partial charge < -0.3 is 18.0 Å². The smallest absolute Gasteiger partial charge is 0.465 e. The second-order valence-electron chi connectivity index (χ2n) is 6.21. The van der Waals surface area contributed by atoms with E-state index in [0.29, 0.717) is 45.3 Å². The van der Waals surface area contributed by atoms with Crippen LogP contribution >= 0.6 is 0 Å². The summed E-state index contributed by atoms with van der Waals surface area (Å²) in [6.45, 7) is 8.48. The summed E-state index contributed by atoms with van der Waals surface area (Å²) in [6, 6.07) is 10.3. The van der Waals surface area contributed by atoms with Gasteiger partial charge in [-0.1, -0.05) is 51.1 Å². The van der Waals surface area contributed by atoms with Gasteiger partial charge in [0.2, 0.25) is 0 Å². The first-order valence-corrected chi connectivity index (χ1v) is 11.7. The molecule has 0 N–H and O–H groups in total. The fraction of sp³-hybridized carbons (Fsp3) is 0.650. The van der Waals surface area contributed by atoms with Crippen molar-refractivity contribution < 1.29 is 22.8 Å². The molecule has 0 atom stereocenters. The molecule has 0 bridgehead atoms. The molecule has 0 aliphatic heterocycles. The van der Waals surface area contributed by atoms with Crippen LogP contribution in [0, 0.1) is 0 Å². The van der Waals surface area contributed by atoms with Crippen LogP contribution in [0.2, 0.25) is 6.04 Å². The van der Waals surface area contributed by atoms with Crippen LogP contribution < -0.4 is 0 Å². The van der Waals surface area contributed by atoms with E-state index < -0.39 is 8.80 Å². The lowest BCUT2D eigenvalue weighted by Crippen LogP contribution is -2.46. The van der Waals surface area contributed by atoms with Crippen LogP contribution in [0.25, 0.3) is 0 Å². The molecule has 26 heavy (non-hydrogen) atoms. The van der Waals surface area contributed by atoms with Crippen molar-refractivity contribution in [1.82, 2.24) is 0 Å². The fourth-order valence-electron chi connectivity index (χ4n) is 2.40. The predicted octanol–water partition coefficient (Wildman–Crippen LogP) is 4.38. The topological polar surface area (TPSA) is 54.0 Å². The minimum absolute atomic E-state index is 0.207. The van der Waals surface area contributed by atoms with Crippen LogP contribution in [-0.2, 0) is 29.2 Å². The number of benzene rings is 1. The first-order valence-electron chi connectivity index (χ1n) is 9.77. The molecule has 0 unspecified atom stereocenters. The molecule has 5 nitrogen and oxygen atoms in total. The van der Waals surface area contributed by atoms with Gasteiger partial charge in [-0.3, -0.25) is 4.79 Å². The lowest BCUT2D eigenvalue weighted by atomic mass is 10.2. The maximum absolute atomic E-state index is 11.9. The van der Waals surface area contributed by atoms with Gasteiger partial charge in [-0.05, 0) is 31.2 Å². The summed E-state index contributed by atoms with van der Waals surface area (Å²) in [4.78, 5) is 11.9. The highest BCUT2D eigenvalue weighted by atomic mass is 28.4. The van der Waals surface area contributed by atoms with Crippen molar-refractivity contribution in [1.29, 1.82) is 0 Å². The Bertz CT molecular complexity index is 459. The Hall–Kier alpha value is -1.21.